The summed E-state index contributed by atoms with van der Waals surface area (Å²) in [6.07, 6.45) is 1.07. The van der Waals surface area contributed by atoms with E-state index in [9.17, 15) is 4.79 Å². The van der Waals surface area contributed by atoms with Gasteiger partial charge in [-0.1, -0.05) is 6.07 Å². The Morgan fingerprint density at radius 2 is 1.93 bits per heavy atom. The minimum Gasteiger partial charge on any atom is -0.493 e. The molecule has 158 valence electrons. The molecule has 1 aliphatic rings. The van der Waals surface area contributed by atoms with Gasteiger partial charge in [0.1, 0.15) is 12.4 Å². The third kappa shape index (κ3) is 4.84. The zero-order valence-corrected chi connectivity index (χ0v) is 17.5. The standard InChI is InChI=1S/C23H26N2O5/c1-27-21-12-17-7-8-25(9-10-30-18-6-4-5-16(11-18)15-24)20(14-23(26)29-3)19(17)13-22(21)28-2/h4-6,11-13,20H,7-10,14H2,1-3H3/t20-/m0/s1. The van der Waals surface area contributed by atoms with Gasteiger partial charge in [-0.15, -0.1) is 0 Å². The highest BCUT2D eigenvalue weighted by atomic mass is 16.5. The molecule has 0 spiro atoms. The minimum atomic E-state index is -0.268. The second kappa shape index (κ2) is 9.99. The number of benzene rings is 2. The van der Waals surface area contributed by atoms with Crippen molar-refractivity contribution >= 4 is 5.97 Å². The third-order valence-corrected chi connectivity index (χ3v) is 5.31. The van der Waals surface area contributed by atoms with Crippen LogP contribution in [0.1, 0.15) is 29.2 Å². The summed E-state index contributed by atoms with van der Waals surface area (Å²) < 4.78 is 21.7. The summed E-state index contributed by atoms with van der Waals surface area (Å²) in [6, 6.07) is 13.0. The molecule has 0 saturated heterocycles. The lowest BCUT2D eigenvalue weighted by atomic mass is 9.90. The highest BCUT2D eigenvalue weighted by molar-refractivity contribution is 5.70. The van der Waals surface area contributed by atoms with Gasteiger partial charge in [0.25, 0.3) is 0 Å². The SMILES string of the molecule is COC(=O)C[C@H]1c2cc(OC)c(OC)cc2CCN1CCOc1cccc(C#N)c1. The molecule has 0 amide bonds. The van der Waals surface area contributed by atoms with Crippen molar-refractivity contribution in [3.63, 3.8) is 0 Å². The fraction of sp³-hybridized carbons (Fsp3) is 0.391. The number of ether oxygens (including phenoxy) is 4. The third-order valence-electron chi connectivity index (χ3n) is 5.31. The molecule has 0 unspecified atom stereocenters. The van der Waals surface area contributed by atoms with Gasteiger partial charge in [0, 0.05) is 19.1 Å². The van der Waals surface area contributed by atoms with Gasteiger partial charge in [0.05, 0.1) is 39.4 Å². The molecule has 0 radical (unpaired) electrons. The molecule has 30 heavy (non-hydrogen) atoms. The number of hydrogen-bond acceptors (Lipinski definition) is 7. The molecule has 1 heterocycles. The van der Waals surface area contributed by atoms with E-state index in [4.69, 9.17) is 24.2 Å². The molecule has 7 nitrogen and oxygen atoms in total. The van der Waals surface area contributed by atoms with Crippen LogP contribution in [0.15, 0.2) is 36.4 Å². The maximum atomic E-state index is 12.1. The first-order chi connectivity index (χ1) is 14.6. The lowest BCUT2D eigenvalue weighted by Gasteiger charge is -2.37. The summed E-state index contributed by atoms with van der Waals surface area (Å²) in [6.45, 7) is 1.85. The highest BCUT2D eigenvalue weighted by Gasteiger charge is 2.31. The fourth-order valence-electron chi connectivity index (χ4n) is 3.76. The lowest BCUT2D eigenvalue weighted by Crippen LogP contribution is -2.39. The van der Waals surface area contributed by atoms with Gasteiger partial charge in [-0.25, -0.2) is 0 Å². The molecule has 2 aromatic carbocycles. The first-order valence-corrected chi connectivity index (χ1v) is 9.78. The summed E-state index contributed by atoms with van der Waals surface area (Å²) in [7, 11) is 4.61. The molecule has 7 heteroatoms. The van der Waals surface area contributed by atoms with Crippen molar-refractivity contribution in [3.05, 3.63) is 53.1 Å². The zero-order chi connectivity index (χ0) is 21.5. The van der Waals surface area contributed by atoms with Crippen LogP contribution >= 0.6 is 0 Å². The van der Waals surface area contributed by atoms with E-state index in [0.29, 0.717) is 36.0 Å². The molecule has 0 aliphatic carbocycles. The first kappa shape index (κ1) is 21.5. The Morgan fingerprint density at radius 3 is 2.63 bits per heavy atom. The van der Waals surface area contributed by atoms with Gasteiger partial charge in [-0.3, -0.25) is 9.69 Å². The maximum Gasteiger partial charge on any atom is 0.307 e. The Balaban J connectivity index is 1.78. The summed E-state index contributed by atoms with van der Waals surface area (Å²) in [4.78, 5) is 14.3. The number of esters is 1. The van der Waals surface area contributed by atoms with E-state index in [1.807, 2.05) is 18.2 Å². The Labute approximate surface area is 176 Å². The van der Waals surface area contributed by atoms with E-state index in [0.717, 1.165) is 24.1 Å². The number of nitrogens with zero attached hydrogens (tertiary/aromatic N) is 2. The second-order valence-corrected chi connectivity index (χ2v) is 6.98. The molecule has 0 N–H and O–H groups in total. The van der Waals surface area contributed by atoms with Crippen molar-refractivity contribution in [2.45, 2.75) is 18.9 Å². The van der Waals surface area contributed by atoms with Crippen LogP contribution in [0.2, 0.25) is 0 Å². The second-order valence-electron chi connectivity index (χ2n) is 6.98. The van der Waals surface area contributed by atoms with Crippen LogP contribution in [-0.4, -0.2) is 51.9 Å². The summed E-state index contributed by atoms with van der Waals surface area (Å²) in [5, 5.41) is 9.03. The van der Waals surface area contributed by atoms with Crippen LogP contribution in [0.5, 0.6) is 17.2 Å². The number of hydrogen-bond donors (Lipinski definition) is 0. The average Bonchev–Trinajstić information content (AvgIpc) is 2.79. The lowest BCUT2D eigenvalue weighted by molar-refractivity contribution is -0.142. The number of carbonyl (C=O) groups excluding carboxylic acids is 1. The van der Waals surface area contributed by atoms with Crippen molar-refractivity contribution in [1.82, 2.24) is 4.90 Å². The molecule has 1 atom stereocenters. The van der Waals surface area contributed by atoms with Crippen LogP contribution < -0.4 is 14.2 Å². The van der Waals surface area contributed by atoms with E-state index in [1.54, 1.807) is 32.4 Å². The molecule has 3 rings (SSSR count). The summed E-state index contributed by atoms with van der Waals surface area (Å²) in [5.41, 5.74) is 2.74. The highest BCUT2D eigenvalue weighted by Crippen LogP contribution is 2.39. The zero-order valence-electron chi connectivity index (χ0n) is 17.5. The number of fused-ring (bicyclic) bond motifs is 1. The minimum absolute atomic E-state index is 0.143. The van der Waals surface area contributed by atoms with Crippen molar-refractivity contribution in [1.29, 1.82) is 5.26 Å². The van der Waals surface area contributed by atoms with Gasteiger partial charge in [-0.05, 0) is 47.9 Å². The van der Waals surface area contributed by atoms with E-state index >= 15 is 0 Å². The number of carbonyl (C=O) groups is 1. The van der Waals surface area contributed by atoms with E-state index in [1.165, 1.54) is 7.11 Å². The largest absolute Gasteiger partial charge is 0.493 e. The van der Waals surface area contributed by atoms with Crippen LogP contribution in [0, 0.1) is 11.3 Å². The molecule has 0 bridgehead atoms. The summed E-state index contributed by atoms with van der Waals surface area (Å²) >= 11 is 0. The number of rotatable bonds is 8. The van der Waals surface area contributed by atoms with E-state index in [2.05, 4.69) is 11.0 Å². The predicted octanol–water partition coefficient (Wildman–Crippen LogP) is 3.12. The Morgan fingerprint density at radius 1 is 1.17 bits per heavy atom. The van der Waals surface area contributed by atoms with Gasteiger partial charge < -0.3 is 18.9 Å². The maximum absolute atomic E-state index is 12.1. The number of methoxy groups -OCH3 is 3. The number of nitriles is 1. The van der Waals surface area contributed by atoms with Crippen molar-refractivity contribution in [2.75, 3.05) is 41.0 Å². The van der Waals surface area contributed by atoms with E-state index in [-0.39, 0.29) is 18.4 Å². The molecule has 0 aromatic heterocycles. The molecule has 2 aromatic rings. The molecular weight excluding hydrogens is 384 g/mol. The Hall–Kier alpha value is -3.24. The quantitative estimate of drug-likeness (QED) is 0.619. The van der Waals surface area contributed by atoms with Crippen molar-refractivity contribution in [3.8, 4) is 23.3 Å². The van der Waals surface area contributed by atoms with Crippen molar-refractivity contribution in [2.24, 2.45) is 0 Å². The Bertz CT molecular complexity index is 938. The molecule has 1 aliphatic heterocycles. The van der Waals surface area contributed by atoms with Gasteiger partial charge in [0.2, 0.25) is 0 Å². The molecule has 0 fully saturated rings. The van der Waals surface area contributed by atoms with Crippen LogP contribution in [-0.2, 0) is 16.0 Å². The van der Waals surface area contributed by atoms with Crippen molar-refractivity contribution < 1.29 is 23.7 Å². The molecular formula is C23H26N2O5. The fourth-order valence-corrected chi connectivity index (χ4v) is 3.76. The summed E-state index contributed by atoms with van der Waals surface area (Å²) in [5.74, 6) is 1.71. The Kier molecular flexibility index (Phi) is 7.15. The smallest absolute Gasteiger partial charge is 0.307 e. The average molecular weight is 410 g/mol. The monoisotopic (exact) mass is 410 g/mol. The predicted molar refractivity (Wildman–Crippen MR) is 111 cm³/mol. The first-order valence-electron chi connectivity index (χ1n) is 9.78. The van der Waals surface area contributed by atoms with Gasteiger partial charge >= 0.3 is 5.97 Å². The normalized spacial score (nSPS) is 15.6. The van der Waals surface area contributed by atoms with Crippen LogP contribution in [0.25, 0.3) is 0 Å². The topological polar surface area (TPSA) is 81.0 Å². The van der Waals surface area contributed by atoms with E-state index < -0.39 is 0 Å². The van der Waals surface area contributed by atoms with Gasteiger partial charge in [-0.2, -0.15) is 5.26 Å². The van der Waals surface area contributed by atoms with Crippen LogP contribution in [0.4, 0.5) is 0 Å². The van der Waals surface area contributed by atoms with Gasteiger partial charge in [0.15, 0.2) is 11.5 Å². The van der Waals surface area contributed by atoms with Crippen LogP contribution in [0.3, 0.4) is 0 Å². The molecule has 0 saturated carbocycles.